The Morgan fingerprint density at radius 1 is 1.03 bits per heavy atom. The Balaban J connectivity index is 1.73. The van der Waals surface area contributed by atoms with E-state index in [0.717, 1.165) is 29.1 Å². The molecule has 0 saturated carbocycles. The molecule has 0 saturated heterocycles. The van der Waals surface area contributed by atoms with Gasteiger partial charge in [0.05, 0.1) is 14.2 Å². The zero-order valence-corrected chi connectivity index (χ0v) is 16.9. The van der Waals surface area contributed by atoms with Crippen molar-refractivity contribution in [3.63, 3.8) is 0 Å². The molecule has 2 amide bonds. The molecule has 150 valence electrons. The molecule has 1 N–H and O–H groups in total. The Hall–Kier alpha value is -3.41. The van der Waals surface area contributed by atoms with Gasteiger partial charge in [0.25, 0.3) is 0 Å². The normalized spacial score (nSPS) is 15.6. The van der Waals surface area contributed by atoms with Crippen molar-refractivity contribution in [2.75, 3.05) is 26.1 Å². The highest BCUT2D eigenvalue weighted by Gasteiger charge is 2.34. The molecule has 2 aromatic carbocycles. The van der Waals surface area contributed by atoms with Gasteiger partial charge in [-0.2, -0.15) is 0 Å². The lowest BCUT2D eigenvalue weighted by Crippen LogP contribution is -2.44. The van der Waals surface area contributed by atoms with Crippen LogP contribution in [0.2, 0.25) is 0 Å². The number of anilines is 1. The van der Waals surface area contributed by atoms with Gasteiger partial charge in [-0.15, -0.1) is 0 Å². The summed E-state index contributed by atoms with van der Waals surface area (Å²) in [5.74, 6) is 1.41. The molecular weight excluding hydrogens is 366 g/mol. The van der Waals surface area contributed by atoms with E-state index >= 15 is 0 Å². The summed E-state index contributed by atoms with van der Waals surface area (Å²) in [5.41, 5.74) is 3.87. The van der Waals surface area contributed by atoms with Crippen molar-refractivity contribution in [3.05, 3.63) is 77.6 Å². The van der Waals surface area contributed by atoms with Crippen molar-refractivity contribution in [1.82, 2.24) is 9.47 Å². The zero-order valence-electron chi connectivity index (χ0n) is 16.9. The molecular formula is C23H25N3O3. The van der Waals surface area contributed by atoms with Crippen LogP contribution in [-0.4, -0.2) is 36.3 Å². The number of aryl methyl sites for hydroxylation is 1. The number of hydrogen-bond acceptors (Lipinski definition) is 3. The molecule has 1 atom stereocenters. The topological polar surface area (TPSA) is 55.7 Å². The Morgan fingerprint density at radius 3 is 2.66 bits per heavy atom. The summed E-state index contributed by atoms with van der Waals surface area (Å²) in [7, 11) is 3.26. The highest BCUT2D eigenvalue weighted by Crippen LogP contribution is 2.39. The number of fused-ring (bicyclic) bond motifs is 1. The molecule has 3 aromatic rings. The molecule has 1 aromatic heterocycles. The lowest BCUT2D eigenvalue weighted by atomic mass is 9.99. The summed E-state index contributed by atoms with van der Waals surface area (Å²) >= 11 is 0. The number of carbonyl (C=O) groups excluding carboxylic acids is 1. The standard InChI is InChI=1S/C23H25N3O3/c1-16-6-4-7-17(14-16)24-23(27)26-13-12-25-11-5-8-20(25)22(26)19-10-9-18(28-2)15-21(19)29-3/h4-11,14-15,22H,12-13H2,1-3H3,(H,24,27)/t22-/m0/s1. The van der Waals surface area contributed by atoms with E-state index in [2.05, 4.69) is 16.0 Å². The van der Waals surface area contributed by atoms with Gasteiger partial charge >= 0.3 is 6.03 Å². The largest absolute Gasteiger partial charge is 0.497 e. The van der Waals surface area contributed by atoms with Crippen molar-refractivity contribution in [1.29, 1.82) is 0 Å². The van der Waals surface area contributed by atoms with Gasteiger partial charge in [-0.05, 0) is 48.9 Å². The van der Waals surface area contributed by atoms with Crippen LogP contribution in [0, 0.1) is 6.92 Å². The van der Waals surface area contributed by atoms with E-state index < -0.39 is 0 Å². The molecule has 1 aliphatic rings. The van der Waals surface area contributed by atoms with Gasteiger partial charge in [0.15, 0.2) is 0 Å². The number of carbonyl (C=O) groups is 1. The van der Waals surface area contributed by atoms with Gasteiger partial charge in [-0.25, -0.2) is 4.79 Å². The summed E-state index contributed by atoms with van der Waals surface area (Å²) < 4.78 is 13.2. The van der Waals surface area contributed by atoms with Crippen molar-refractivity contribution in [2.45, 2.75) is 19.5 Å². The number of nitrogens with one attached hydrogen (secondary N) is 1. The van der Waals surface area contributed by atoms with Gasteiger partial charge in [-0.1, -0.05) is 12.1 Å². The third-order valence-corrected chi connectivity index (χ3v) is 5.30. The quantitative estimate of drug-likeness (QED) is 0.715. The number of amides is 2. The van der Waals surface area contributed by atoms with E-state index in [-0.39, 0.29) is 12.1 Å². The minimum absolute atomic E-state index is 0.133. The minimum Gasteiger partial charge on any atom is -0.497 e. The number of rotatable bonds is 4. The first-order valence-corrected chi connectivity index (χ1v) is 9.62. The third kappa shape index (κ3) is 3.66. The fourth-order valence-electron chi connectivity index (χ4n) is 3.89. The maximum atomic E-state index is 13.3. The smallest absolute Gasteiger partial charge is 0.322 e. The van der Waals surface area contributed by atoms with Crippen LogP contribution in [0.1, 0.15) is 22.9 Å². The molecule has 0 aliphatic carbocycles. The summed E-state index contributed by atoms with van der Waals surface area (Å²) in [4.78, 5) is 15.1. The lowest BCUT2D eigenvalue weighted by Gasteiger charge is -2.37. The van der Waals surface area contributed by atoms with Crippen LogP contribution in [0.15, 0.2) is 60.8 Å². The van der Waals surface area contributed by atoms with Crippen LogP contribution in [0.3, 0.4) is 0 Å². The van der Waals surface area contributed by atoms with Gasteiger partial charge in [0.2, 0.25) is 0 Å². The van der Waals surface area contributed by atoms with E-state index in [9.17, 15) is 4.79 Å². The Morgan fingerprint density at radius 2 is 1.90 bits per heavy atom. The molecule has 6 nitrogen and oxygen atoms in total. The Bertz CT molecular complexity index is 1030. The van der Waals surface area contributed by atoms with Gasteiger partial charge in [-0.3, -0.25) is 0 Å². The summed E-state index contributed by atoms with van der Waals surface area (Å²) in [6.45, 7) is 3.35. The van der Waals surface area contributed by atoms with Crippen LogP contribution >= 0.6 is 0 Å². The van der Waals surface area contributed by atoms with Gasteiger partial charge < -0.3 is 24.3 Å². The van der Waals surface area contributed by atoms with E-state index in [1.54, 1.807) is 14.2 Å². The zero-order chi connectivity index (χ0) is 20.4. The molecule has 0 bridgehead atoms. The number of urea groups is 1. The predicted molar refractivity (Wildman–Crippen MR) is 113 cm³/mol. The Kier molecular flexibility index (Phi) is 5.16. The summed E-state index contributed by atoms with van der Waals surface area (Å²) in [6.07, 6.45) is 2.05. The fraction of sp³-hybridized carbons (Fsp3) is 0.261. The molecule has 29 heavy (non-hydrogen) atoms. The van der Waals surface area contributed by atoms with E-state index in [1.165, 1.54) is 0 Å². The second-order valence-corrected chi connectivity index (χ2v) is 7.13. The van der Waals surface area contributed by atoms with Crippen LogP contribution in [-0.2, 0) is 6.54 Å². The number of benzene rings is 2. The lowest BCUT2D eigenvalue weighted by molar-refractivity contribution is 0.180. The molecule has 4 rings (SSSR count). The van der Waals surface area contributed by atoms with Crippen molar-refractivity contribution < 1.29 is 14.3 Å². The monoisotopic (exact) mass is 391 g/mol. The summed E-state index contributed by atoms with van der Waals surface area (Å²) in [5, 5.41) is 3.05. The average Bonchev–Trinajstić information content (AvgIpc) is 3.21. The second-order valence-electron chi connectivity index (χ2n) is 7.13. The van der Waals surface area contributed by atoms with E-state index in [0.29, 0.717) is 18.0 Å². The minimum atomic E-state index is -0.260. The van der Waals surface area contributed by atoms with E-state index in [1.807, 2.05) is 66.6 Å². The number of methoxy groups -OCH3 is 2. The Labute approximate surface area is 170 Å². The van der Waals surface area contributed by atoms with Crippen molar-refractivity contribution in [2.24, 2.45) is 0 Å². The number of aromatic nitrogens is 1. The first-order valence-electron chi connectivity index (χ1n) is 9.62. The molecule has 1 aliphatic heterocycles. The summed E-state index contributed by atoms with van der Waals surface area (Å²) in [6, 6.07) is 17.2. The highest BCUT2D eigenvalue weighted by molar-refractivity contribution is 5.90. The number of hydrogen-bond donors (Lipinski definition) is 1. The fourth-order valence-corrected chi connectivity index (χ4v) is 3.89. The number of ether oxygens (including phenoxy) is 2. The molecule has 6 heteroatoms. The molecule has 0 radical (unpaired) electrons. The second kappa shape index (κ2) is 7.91. The van der Waals surface area contributed by atoms with Crippen LogP contribution < -0.4 is 14.8 Å². The molecule has 0 fully saturated rings. The first-order chi connectivity index (χ1) is 14.1. The maximum Gasteiger partial charge on any atom is 0.322 e. The maximum absolute atomic E-state index is 13.3. The van der Waals surface area contributed by atoms with Crippen molar-refractivity contribution in [3.8, 4) is 11.5 Å². The molecule has 2 heterocycles. The third-order valence-electron chi connectivity index (χ3n) is 5.30. The first kappa shape index (κ1) is 18.9. The van der Waals surface area contributed by atoms with E-state index in [4.69, 9.17) is 9.47 Å². The van der Waals surface area contributed by atoms with Crippen LogP contribution in [0.5, 0.6) is 11.5 Å². The average molecular weight is 391 g/mol. The highest BCUT2D eigenvalue weighted by atomic mass is 16.5. The number of nitrogens with zero attached hydrogens (tertiary/aromatic N) is 2. The molecule has 0 unspecified atom stereocenters. The predicted octanol–water partition coefficient (Wildman–Crippen LogP) is 4.45. The molecule has 0 spiro atoms. The van der Waals surface area contributed by atoms with Gasteiger partial charge in [0.1, 0.15) is 17.5 Å². The van der Waals surface area contributed by atoms with Crippen LogP contribution in [0.4, 0.5) is 10.5 Å². The van der Waals surface area contributed by atoms with Gasteiger partial charge in [0, 0.05) is 42.3 Å². The van der Waals surface area contributed by atoms with Crippen LogP contribution in [0.25, 0.3) is 0 Å². The van der Waals surface area contributed by atoms with Crippen molar-refractivity contribution >= 4 is 11.7 Å². The SMILES string of the molecule is COc1ccc([C@H]2c3cccn3CCN2C(=O)Nc2cccc(C)c2)c(OC)c1.